The average molecular weight is 264 g/mol. The fourth-order valence-electron chi connectivity index (χ4n) is 3.04. The molecule has 1 heterocycles. The maximum atomic E-state index is 14.2. The van der Waals surface area contributed by atoms with Crippen molar-refractivity contribution in [1.82, 2.24) is 5.32 Å². The van der Waals surface area contributed by atoms with E-state index in [1.165, 1.54) is 25.7 Å². The van der Waals surface area contributed by atoms with Crippen LogP contribution in [0.2, 0.25) is 0 Å². The van der Waals surface area contributed by atoms with Crippen LogP contribution in [0.15, 0.2) is 18.2 Å². The molecule has 1 fully saturated rings. The van der Waals surface area contributed by atoms with Gasteiger partial charge < -0.3 is 10.2 Å². The fourth-order valence-corrected chi connectivity index (χ4v) is 3.04. The summed E-state index contributed by atoms with van der Waals surface area (Å²) in [6.45, 7) is 4.95. The lowest BCUT2D eigenvalue weighted by atomic mass is 9.98. The molecule has 1 aromatic carbocycles. The van der Waals surface area contributed by atoms with E-state index in [1.54, 1.807) is 12.1 Å². The Balaban J connectivity index is 2.20. The lowest BCUT2D eigenvalue weighted by Gasteiger charge is -2.26. The van der Waals surface area contributed by atoms with Crippen LogP contribution in [0.1, 0.15) is 38.2 Å². The summed E-state index contributed by atoms with van der Waals surface area (Å²) in [6, 6.07) is 5.41. The first-order chi connectivity index (χ1) is 9.26. The minimum atomic E-state index is -0.0808. The van der Waals surface area contributed by atoms with Gasteiger partial charge in [-0.25, -0.2) is 4.39 Å². The number of nitrogens with zero attached hydrogens (tertiary/aromatic N) is 1. The average Bonchev–Trinajstić information content (AvgIpc) is 2.64. The minimum Gasteiger partial charge on any atom is -0.369 e. The summed E-state index contributed by atoms with van der Waals surface area (Å²) in [7, 11) is 1.91. The molecule has 1 atom stereocenters. The Bertz CT molecular complexity index is 406. The number of halogens is 1. The molecule has 106 valence electrons. The topological polar surface area (TPSA) is 15.3 Å². The highest BCUT2D eigenvalue weighted by atomic mass is 19.1. The third-order valence-electron chi connectivity index (χ3n) is 4.18. The van der Waals surface area contributed by atoms with E-state index in [4.69, 9.17) is 0 Å². The van der Waals surface area contributed by atoms with Crippen LogP contribution in [0.25, 0.3) is 0 Å². The molecule has 1 unspecified atom stereocenters. The second kappa shape index (κ2) is 6.90. The predicted octanol–water partition coefficient (Wildman–Crippen LogP) is 3.56. The number of benzene rings is 1. The van der Waals surface area contributed by atoms with E-state index < -0.39 is 0 Å². The number of nitrogens with one attached hydrogen (secondary N) is 1. The molecule has 2 rings (SSSR count). The molecule has 0 aliphatic carbocycles. The number of hydrogen-bond donors (Lipinski definition) is 1. The van der Waals surface area contributed by atoms with Gasteiger partial charge in [0.15, 0.2) is 0 Å². The molecule has 1 aromatic rings. The second-order valence-corrected chi connectivity index (χ2v) is 5.47. The molecule has 3 heteroatoms. The zero-order chi connectivity index (χ0) is 13.7. The Kier molecular flexibility index (Phi) is 5.20. The van der Waals surface area contributed by atoms with Gasteiger partial charge in [-0.05, 0) is 43.9 Å². The Morgan fingerprint density at radius 3 is 2.89 bits per heavy atom. The summed E-state index contributed by atoms with van der Waals surface area (Å²) in [6.07, 6.45) is 4.88. The molecule has 19 heavy (non-hydrogen) atoms. The van der Waals surface area contributed by atoms with E-state index in [2.05, 4.69) is 17.1 Å². The highest BCUT2D eigenvalue weighted by Gasteiger charge is 2.20. The zero-order valence-corrected chi connectivity index (χ0v) is 12.1. The van der Waals surface area contributed by atoms with Gasteiger partial charge in [-0.1, -0.05) is 25.5 Å². The van der Waals surface area contributed by atoms with Gasteiger partial charge in [0.2, 0.25) is 0 Å². The van der Waals surface area contributed by atoms with Gasteiger partial charge in [-0.2, -0.15) is 0 Å². The maximum Gasteiger partial charge on any atom is 0.146 e. The van der Waals surface area contributed by atoms with E-state index >= 15 is 0 Å². The van der Waals surface area contributed by atoms with Crippen molar-refractivity contribution in [2.45, 2.75) is 39.2 Å². The first kappa shape index (κ1) is 14.3. The van der Waals surface area contributed by atoms with E-state index in [1.807, 2.05) is 13.1 Å². The number of hydrogen-bond acceptors (Lipinski definition) is 2. The summed E-state index contributed by atoms with van der Waals surface area (Å²) >= 11 is 0. The van der Waals surface area contributed by atoms with Crippen LogP contribution in [-0.4, -0.2) is 20.1 Å². The van der Waals surface area contributed by atoms with Crippen LogP contribution >= 0.6 is 0 Å². The van der Waals surface area contributed by atoms with Crippen LogP contribution in [0, 0.1) is 11.7 Å². The molecule has 1 saturated heterocycles. The molecule has 1 N–H and O–H groups in total. The molecule has 0 amide bonds. The number of rotatable bonds is 4. The molecule has 0 saturated carbocycles. The van der Waals surface area contributed by atoms with Crippen molar-refractivity contribution in [3.8, 4) is 0 Å². The summed E-state index contributed by atoms with van der Waals surface area (Å²) in [4.78, 5) is 2.25. The second-order valence-electron chi connectivity index (χ2n) is 5.47. The van der Waals surface area contributed by atoms with Crippen LogP contribution in [-0.2, 0) is 6.54 Å². The zero-order valence-electron chi connectivity index (χ0n) is 12.1. The SMILES string of the molecule is CCC1CCCN(c2c(F)cccc2CNC)CC1. The van der Waals surface area contributed by atoms with E-state index in [9.17, 15) is 4.39 Å². The number of anilines is 1. The third kappa shape index (κ3) is 3.47. The van der Waals surface area contributed by atoms with E-state index in [0.29, 0.717) is 0 Å². The first-order valence-corrected chi connectivity index (χ1v) is 7.43. The van der Waals surface area contributed by atoms with Crippen molar-refractivity contribution >= 4 is 5.69 Å². The van der Waals surface area contributed by atoms with Crippen molar-refractivity contribution in [3.63, 3.8) is 0 Å². The quantitative estimate of drug-likeness (QED) is 0.894. The van der Waals surface area contributed by atoms with Crippen LogP contribution in [0.4, 0.5) is 10.1 Å². The Morgan fingerprint density at radius 2 is 2.16 bits per heavy atom. The Labute approximate surface area is 116 Å². The normalized spacial score (nSPS) is 20.4. The van der Waals surface area contributed by atoms with Gasteiger partial charge in [-0.15, -0.1) is 0 Å². The minimum absolute atomic E-state index is 0.0808. The molecular weight excluding hydrogens is 239 g/mol. The van der Waals surface area contributed by atoms with Gasteiger partial charge in [0.05, 0.1) is 5.69 Å². The lowest BCUT2D eigenvalue weighted by molar-refractivity contribution is 0.459. The highest BCUT2D eigenvalue weighted by molar-refractivity contribution is 5.55. The van der Waals surface area contributed by atoms with Crippen molar-refractivity contribution in [1.29, 1.82) is 0 Å². The predicted molar refractivity (Wildman–Crippen MR) is 79.0 cm³/mol. The summed E-state index contributed by atoms with van der Waals surface area (Å²) in [5.74, 6) is 0.729. The van der Waals surface area contributed by atoms with Crippen molar-refractivity contribution in [2.75, 3.05) is 25.0 Å². The lowest BCUT2D eigenvalue weighted by Crippen LogP contribution is -2.27. The monoisotopic (exact) mass is 264 g/mol. The van der Waals surface area contributed by atoms with Gasteiger partial charge in [0.25, 0.3) is 0 Å². The third-order valence-corrected chi connectivity index (χ3v) is 4.18. The van der Waals surface area contributed by atoms with Crippen LogP contribution in [0.5, 0.6) is 0 Å². The van der Waals surface area contributed by atoms with Crippen molar-refractivity contribution in [2.24, 2.45) is 5.92 Å². The molecule has 1 aliphatic rings. The van der Waals surface area contributed by atoms with Crippen molar-refractivity contribution in [3.05, 3.63) is 29.6 Å². The van der Waals surface area contributed by atoms with Gasteiger partial charge in [0, 0.05) is 19.6 Å². The fraction of sp³-hybridized carbons (Fsp3) is 0.625. The van der Waals surface area contributed by atoms with E-state index in [0.717, 1.165) is 36.8 Å². The molecule has 0 spiro atoms. The molecular formula is C16H25FN2. The summed E-state index contributed by atoms with van der Waals surface area (Å²) < 4.78 is 14.2. The van der Waals surface area contributed by atoms with Crippen LogP contribution < -0.4 is 10.2 Å². The maximum absolute atomic E-state index is 14.2. The molecule has 0 radical (unpaired) electrons. The Hall–Kier alpha value is -1.09. The van der Waals surface area contributed by atoms with Gasteiger partial charge >= 0.3 is 0 Å². The largest absolute Gasteiger partial charge is 0.369 e. The van der Waals surface area contributed by atoms with Crippen LogP contribution in [0.3, 0.4) is 0 Å². The highest BCUT2D eigenvalue weighted by Crippen LogP contribution is 2.29. The van der Waals surface area contributed by atoms with Crippen molar-refractivity contribution < 1.29 is 4.39 Å². The van der Waals surface area contributed by atoms with Gasteiger partial charge in [0.1, 0.15) is 5.82 Å². The standard InChI is InChI=1S/C16H25FN2/c1-3-13-6-5-10-19(11-9-13)16-14(12-18-2)7-4-8-15(16)17/h4,7-8,13,18H,3,5-6,9-12H2,1-2H3. The van der Waals surface area contributed by atoms with Gasteiger partial charge in [-0.3, -0.25) is 0 Å². The van der Waals surface area contributed by atoms with E-state index in [-0.39, 0.29) is 5.82 Å². The molecule has 0 aromatic heterocycles. The molecule has 0 bridgehead atoms. The molecule has 2 nitrogen and oxygen atoms in total. The smallest absolute Gasteiger partial charge is 0.146 e. The number of para-hydroxylation sites is 1. The molecule has 1 aliphatic heterocycles. The summed E-state index contributed by atoms with van der Waals surface area (Å²) in [5.41, 5.74) is 1.88. The Morgan fingerprint density at radius 1 is 1.32 bits per heavy atom. The summed E-state index contributed by atoms with van der Waals surface area (Å²) in [5, 5.41) is 3.13. The first-order valence-electron chi connectivity index (χ1n) is 7.43.